The second-order valence-electron chi connectivity index (χ2n) is 7.68. The van der Waals surface area contributed by atoms with Gasteiger partial charge in [-0.1, -0.05) is 0 Å². The van der Waals surface area contributed by atoms with E-state index < -0.39 is 0 Å². The van der Waals surface area contributed by atoms with Crippen LogP contribution in [0, 0.1) is 0 Å². The summed E-state index contributed by atoms with van der Waals surface area (Å²) in [4.78, 5) is 26.4. The molecular formula is C19H29N7O. The van der Waals surface area contributed by atoms with E-state index in [1.54, 1.807) is 6.33 Å². The Kier molecular flexibility index (Phi) is 5.54. The first-order chi connectivity index (χ1) is 13.2. The van der Waals surface area contributed by atoms with Crippen LogP contribution >= 0.6 is 0 Å². The van der Waals surface area contributed by atoms with Crippen molar-refractivity contribution >= 4 is 5.91 Å². The highest BCUT2D eigenvalue weighted by Gasteiger charge is 2.20. The van der Waals surface area contributed by atoms with E-state index in [1.807, 2.05) is 11.1 Å². The van der Waals surface area contributed by atoms with Crippen molar-refractivity contribution in [3.05, 3.63) is 35.7 Å². The van der Waals surface area contributed by atoms with Crippen LogP contribution in [0.2, 0.25) is 0 Å². The highest BCUT2D eigenvalue weighted by molar-refractivity contribution is 5.76. The molecule has 8 nitrogen and oxygen atoms in total. The van der Waals surface area contributed by atoms with Gasteiger partial charge in [0, 0.05) is 77.1 Å². The van der Waals surface area contributed by atoms with Crippen molar-refractivity contribution in [2.45, 2.75) is 38.9 Å². The van der Waals surface area contributed by atoms with E-state index in [2.05, 4.69) is 37.6 Å². The molecule has 8 heteroatoms. The summed E-state index contributed by atoms with van der Waals surface area (Å²) in [5.41, 5.74) is 3.42. The van der Waals surface area contributed by atoms with Crippen molar-refractivity contribution in [3.8, 4) is 0 Å². The number of rotatable bonds is 5. The maximum Gasteiger partial charge on any atom is 0.223 e. The molecule has 0 aliphatic carbocycles. The zero-order valence-corrected chi connectivity index (χ0v) is 16.1. The summed E-state index contributed by atoms with van der Waals surface area (Å²) >= 11 is 0. The van der Waals surface area contributed by atoms with Gasteiger partial charge in [-0.15, -0.1) is 0 Å². The first-order valence-electron chi connectivity index (χ1n) is 9.89. The number of likely N-dealkylation sites (N-methyl/N-ethyl adjacent to an activating group) is 1. The average Bonchev–Trinajstić information content (AvgIpc) is 3.26. The summed E-state index contributed by atoms with van der Waals surface area (Å²) in [5.74, 6) is 0.257. The van der Waals surface area contributed by atoms with Crippen LogP contribution in [0.3, 0.4) is 0 Å². The Labute approximate surface area is 160 Å². The van der Waals surface area contributed by atoms with Crippen LogP contribution in [0.25, 0.3) is 0 Å². The quantitative estimate of drug-likeness (QED) is 0.838. The molecule has 2 aliphatic rings. The smallest absolute Gasteiger partial charge is 0.223 e. The van der Waals surface area contributed by atoms with E-state index in [-0.39, 0.29) is 5.91 Å². The zero-order valence-electron chi connectivity index (χ0n) is 16.1. The monoisotopic (exact) mass is 371 g/mol. The van der Waals surface area contributed by atoms with E-state index in [0.717, 1.165) is 76.6 Å². The lowest BCUT2D eigenvalue weighted by molar-refractivity contribution is -0.132. The molecule has 4 heterocycles. The van der Waals surface area contributed by atoms with E-state index in [0.29, 0.717) is 6.42 Å². The third-order valence-corrected chi connectivity index (χ3v) is 5.54. The molecule has 0 aromatic carbocycles. The molecule has 4 rings (SSSR count). The first kappa shape index (κ1) is 18.2. The van der Waals surface area contributed by atoms with Gasteiger partial charge in [0.25, 0.3) is 0 Å². The van der Waals surface area contributed by atoms with Crippen molar-refractivity contribution in [1.29, 1.82) is 0 Å². The molecule has 0 bridgehead atoms. The van der Waals surface area contributed by atoms with Gasteiger partial charge in [-0.2, -0.15) is 5.10 Å². The van der Waals surface area contributed by atoms with Gasteiger partial charge in [-0.05, 0) is 19.5 Å². The molecule has 146 valence electrons. The van der Waals surface area contributed by atoms with Gasteiger partial charge in [0.1, 0.15) is 0 Å². The van der Waals surface area contributed by atoms with Crippen molar-refractivity contribution in [2.24, 2.45) is 0 Å². The number of aromatic amines is 1. The maximum absolute atomic E-state index is 12.5. The number of nitrogens with one attached hydrogen (secondary N) is 1. The number of aryl methyl sites for hydroxylation is 2. The molecule has 2 aromatic rings. The summed E-state index contributed by atoms with van der Waals surface area (Å²) in [6.07, 6.45) is 5.98. The van der Waals surface area contributed by atoms with Gasteiger partial charge in [-0.25, -0.2) is 4.98 Å². The van der Waals surface area contributed by atoms with Crippen LogP contribution in [-0.2, 0) is 30.8 Å². The van der Waals surface area contributed by atoms with E-state index >= 15 is 0 Å². The summed E-state index contributed by atoms with van der Waals surface area (Å²) in [6, 6.07) is 2.18. The summed E-state index contributed by atoms with van der Waals surface area (Å²) in [7, 11) is 2.11. The Balaban J connectivity index is 1.32. The SMILES string of the molecule is CN1CCN(C(=O)CCc2cc3n(n2)CCCN(Cc2cnc[nH]2)C3)CC1. The summed E-state index contributed by atoms with van der Waals surface area (Å²) in [6.45, 7) is 7.39. The molecule has 2 aromatic heterocycles. The van der Waals surface area contributed by atoms with Gasteiger partial charge in [0.15, 0.2) is 0 Å². The molecule has 1 saturated heterocycles. The van der Waals surface area contributed by atoms with Crippen LogP contribution in [-0.4, -0.2) is 80.1 Å². The van der Waals surface area contributed by atoms with Gasteiger partial charge < -0.3 is 14.8 Å². The van der Waals surface area contributed by atoms with Crippen molar-refractivity contribution in [3.63, 3.8) is 0 Å². The minimum absolute atomic E-state index is 0.257. The molecule has 1 N–H and O–H groups in total. The third kappa shape index (κ3) is 4.56. The highest BCUT2D eigenvalue weighted by Crippen LogP contribution is 2.17. The van der Waals surface area contributed by atoms with Crippen molar-refractivity contribution < 1.29 is 4.79 Å². The van der Waals surface area contributed by atoms with Crippen LogP contribution in [0.1, 0.15) is 29.9 Å². The van der Waals surface area contributed by atoms with E-state index in [9.17, 15) is 4.79 Å². The van der Waals surface area contributed by atoms with Crippen LogP contribution < -0.4 is 0 Å². The highest BCUT2D eigenvalue weighted by atomic mass is 16.2. The number of carbonyl (C=O) groups is 1. The fraction of sp³-hybridized carbons (Fsp3) is 0.632. The normalized spacial score (nSPS) is 19.1. The largest absolute Gasteiger partial charge is 0.347 e. The van der Waals surface area contributed by atoms with Gasteiger partial charge >= 0.3 is 0 Å². The number of piperazine rings is 1. The molecule has 0 spiro atoms. The lowest BCUT2D eigenvalue weighted by Gasteiger charge is -2.32. The molecule has 27 heavy (non-hydrogen) atoms. The number of aromatic nitrogens is 4. The summed E-state index contributed by atoms with van der Waals surface area (Å²) in [5, 5.41) is 4.76. The van der Waals surface area contributed by atoms with Gasteiger partial charge in [0.2, 0.25) is 5.91 Å². The standard InChI is InChI=1S/C19H29N7O/c1-23-7-9-25(10-8-23)19(27)4-3-16-11-18-14-24(5-2-6-26(18)22-16)13-17-12-20-15-21-17/h11-12,15H,2-10,13-14H2,1H3,(H,20,21). The molecule has 1 fully saturated rings. The topological polar surface area (TPSA) is 73.3 Å². The molecule has 0 atom stereocenters. The lowest BCUT2D eigenvalue weighted by atomic mass is 10.2. The minimum Gasteiger partial charge on any atom is -0.347 e. The number of nitrogens with zero attached hydrogens (tertiary/aromatic N) is 6. The Morgan fingerprint density at radius 3 is 2.81 bits per heavy atom. The predicted molar refractivity (Wildman–Crippen MR) is 102 cm³/mol. The fourth-order valence-electron chi connectivity index (χ4n) is 3.91. The van der Waals surface area contributed by atoms with Crippen molar-refractivity contribution in [1.82, 2.24) is 34.4 Å². The minimum atomic E-state index is 0.257. The van der Waals surface area contributed by atoms with Crippen molar-refractivity contribution in [2.75, 3.05) is 39.8 Å². The molecule has 0 unspecified atom stereocenters. The number of hydrogen-bond donors (Lipinski definition) is 1. The number of hydrogen-bond acceptors (Lipinski definition) is 5. The Morgan fingerprint density at radius 1 is 1.19 bits per heavy atom. The molecular weight excluding hydrogens is 342 g/mol. The second-order valence-corrected chi connectivity index (χ2v) is 7.68. The maximum atomic E-state index is 12.5. The number of amides is 1. The number of H-pyrrole nitrogens is 1. The number of imidazole rings is 1. The molecule has 1 amide bonds. The Bertz CT molecular complexity index is 746. The number of carbonyl (C=O) groups excluding carboxylic acids is 1. The number of fused-ring (bicyclic) bond motifs is 1. The Hall–Kier alpha value is -2.19. The second kappa shape index (κ2) is 8.22. The van der Waals surface area contributed by atoms with Gasteiger partial charge in [0.05, 0.1) is 17.7 Å². The average molecular weight is 371 g/mol. The van der Waals surface area contributed by atoms with Gasteiger partial charge in [-0.3, -0.25) is 14.4 Å². The molecule has 0 radical (unpaired) electrons. The van der Waals surface area contributed by atoms with Crippen LogP contribution in [0.15, 0.2) is 18.6 Å². The van der Waals surface area contributed by atoms with Crippen LogP contribution in [0.5, 0.6) is 0 Å². The predicted octanol–water partition coefficient (Wildman–Crippen LogP) is 0.719. The van der Waals surface area contributed by atoms with E-state index in [1.165, 1.54) is 5.69 Å². The molecule has 0 saturated carbocycles. The zero-order chi connectivity index (χ0) is 18.6. The third-order valence-electron chi connectivity index (χ3n) is 5.54. The van der Waals surface area contributed by atoms with E-state index in [4.69, 9.17) is 5.10 Å². The Morgan fingerprint density at radius 2 is 2.04 bits per heavy atom. The first-order valence-corrected chi connectivity index (χ1v) is 9.89. The fourth-order valence-corrected chi connectivity index (χ4v) is 3.91. The lowest BCUT2D eigenvalue weighted by Crippen LogP contribution is -2.47. The van der Waals surface area contributed by atoms with Crippen LogP contribution in [0.4, 0.5) is 0 Å². The summed E-state index contributed by atoms with van der Waals surface area (Å²) < 4.78 is 2.13. The molecule has 2 aliphatic heterocycles.